The van der Waals surface area contributed by atoms with Crippen LogP contribution in [0.15, 0.2) is 48.6 Å². The molecule has 7 nitrogen and oxygen atoms in total. The Balaban J connectivity index is 1.55. The van der Waals surface area contributed by atoms with E-state index in [0.29, 0.717) is 11.1 Å². The molecule has 2 aliphatic carbocycles. The smallest absolute Gasteiger partial charge is 0.270 e. The van der Waals surface area contributed by atoms with Gasteiger partial charge in [-0.05, 0) is 42.9 Å². The van der Waals surface area contributed by atoms with E-state index in [2.05, 4.69) is 23.5 Å². The van der Waals surface area contributed by atoms with Crippen LogP contribution in [0.3, 0.4) is 0 Å². The number of amides is 1. The van der Waals surface area contributed by atoms with Gasteiger partial charge in [0.1, 0.15) is 5.75 Å². The van der Waals surface area contributed by atoms with Crippen molar-refractivity contribution in [2.45, 2.75) is 56.5 Å². The highest BCUT2D eigenvalue weighted by Gasteiger charge is 2.41. The number of nitro groups is 1. The molecule has 0 bridgehead atoms. The fourth-order valence-corrected chi connectivity index (χ4v) is 5.84. The summed E-state index contributed by atoms with van der Waals surface area (Å²) in [5, 5.41) is 25.5. The van der Waals surface area contributed by atoms with Crippen LogP contribution in [0.25, 0.3) is 0 Å². The van der Waals surface area contributed by atoms with Crippen LogP contribution in [0, 0.1) is 16.0 Å². The molecule has 5 rings (SSSR count). The molecule has 1 fully saturated rings. The van der Waals surface area contributed by atoms with Crippen LogP contribution in [0.5, 0.6) is 5.75 Å². The van der Waals surface area contributed by atoms with Gasteiger partial charge in [-0.1, -0.05) is 43.5 Å². The molecule has 2 aromatic carbocycles. The van der Waals surface area contributed by atoms with Gasteiger partial charge < -0.3 is 15.3 Å². The fourth-order valence-electron chi connectivity index (χ4n) is 5.84. The topological polar surface area (TPSA) is 95.7 Å². The maximum atomic E-state index is 13.6. The standard InChI is InChI=1S/C26H29N3O4/c1-28(16-7-3-2-4-8-16)26(31)21-12-6-11-19-18-9-5-10-20(18)25(27-24(19)21)22-15-17(29(32)33)13-14-23(22)30/h5-6,9,11-16,18,20,25,27,30H,2-4,7-8,10H2,1H3. The Bertz CT molecular complexity index is 1120. The first-order chi connectivity index (χ1) is 16.0. The largest absolute Gasteiger partial charge is 0.508 e. The van der Waals surface area contributed by atoms with Crippen molar-refractivity contribution in [3.05, 3.63) is 75.4 Å². The van der Waals surface area contributed by atoms with E-state index in [1.165, 1.54) is 24.6 Å². The number of benzene rings is 2. The van der Waals surface area contributed by atoms with Crippen molar-refractivity contribution in [3.8, 4) is 5.75 Å². The van der Waals surface area contributed by atoms with Crippen LogP contribution in [-0.4, -0.2) is 33.9 Å². The Morgan fingerprint density at radius 1 is 1.15 bits per heavy atom. The molecule has 3 aliphatic rings. The number of anilines is 1. The first kappa shape index (κ1) is 21.5. The molecule has 7 heteroatoms. The van der Waals surface area contributed by atoms with E-state index in [1.54, 1.807) is 0 Å². The van der Waals surface area contributed by atoms with E-state index < -0.39 is 4.92 Å². The van der Waals surface area contributed by atoms with Crippen LogP contribution in [0.4, 0.5) is 11.4 Å². The molecule has 1 aliphatic heterocycles. The van der Waals surface area contributed by atoms with Gasteiger partial charge in [-0.25, -0.2) is 0 Å². The maximum Gasteiger partial charge on any atom is 0.270 e. The molecule has 2 N–H and O–H groups in total. The second-order valence-electron chi connectivity index (χ2n) is 9.45. The molecule has 33 heavy (non-hydrogen) atoms. The molecular formula is C26H29N3O4. The predicted molar refractivity (Wildman–Crippen MR) is 127 cm³/mol. The molecule has 0 radical (unpaired) electrons. The van der Waals surface area contributed by atoms with E-state index in [-0.39, 0.29) is 41.3 Å². The highest BCUT2D eigenvalue weighted by Crippen LogP contribution is 2.52. The minimum atomic E-state index is -0.446. The molecule has 1 saturated carbocycles. The van der Waals surface area contributed by atoms with Gasteiger partial charge in [-0.2, -0.15) is 0 Å². The Morgan fingerprint density at radius 3 is 2.70 bits per heavy atom. The van der Waals surface area contributed by atoms with Crippen molar-refractivity contribution in [1.82, 2.24) is 4.90 Å². The number of carbonyl (C=O) groups excluding carboxylic acids is 1. The third-order valence-corrected chi connectivity index (χ3v) is 7.63. The van der Waals surface area contributed by atoms with Crippen molar-refractivity contribution in [2.75, 3.05) is 12.4 Å². The number of nitro benzene ring substituents is 1. The lowest BCUT2D eigenvalue weighted by Gasteiger charge is -2.39. The lowest BCUT2D eigenvalue weighted by Crippen LogP contribution is -2.39. The van der Waals surface area contributed by atoms with E-state index >= 15 is 0 Å². The lowest BCUT2D eigenvalue weighted by molar-refractivity contribution is -0.385. The van der Waals surface area contributed by atoms with Gasteiger partial charge in [0.15, 0.2) is 0 Å². The predicted octanol–water partition coefficient (Wildman–Crippen LogP) is 5.53. The number of hydrogen-bond acceptors (Lipinski definition) is 5. The Morgan fingerprint density at radius 2 is 1.94 bits per heavy atom. The van der Waals surface area contributed by atoms with Crippen molar-refractivity contribution in [1.29, 1.82) is 0 Å². The molecule has 0 aromatic heterocycles. The summed E-state index contributed by atoms with van der Waals surface area (Å²) in [6.07, 6.45) is 10.7. The number of para-hydroxylation sites is 1. The lowest BCUT2D eigenvalue weighted by atomic mass is 9.76. The van der Waals surface area contributed by atoms with Crippen LogP contribution in [-0.2, 0) is 0 Å². The summed E-state index contributed by atoms with van der Waals surface area (Å²) in [6.45, 7) is 0. The SMILES string of the molecule is CN(C(=O)c1cccc2c1NC(c1cc([N+](=O)[O-])ccc1O)C1CC=CC21)C1CCCCC1. The molecule has 1 heterocycles. The number of carbonyl (C=O) groups is 1. The Kier molecular flexibility index (Phi) is 5.56. The number of fused-ring (bicyclic) bond motifs is 3. The van der Waals surface area contributed by atoms with E-state index in [1.807, 2.05) is 24.1 Å². The maximum absolute atomic E-state index is 13.6. The zero-order valence-electron chi connectivity index (χ0n) is 18.7. The molecule has 2 aromatic rings. The van der Waals surface area contributed by atoms with Crippen molar-refractivity contribution >= 4 is 17.3 Å². The zero-order valence-corrected chi connectivity index (χ0v) is 18.7. The van der Waals surface area contributed by atoms with Crippen molar-refractivity contribution in [2.24, 2.45) is 5.92 Å². The molecule has 1 amide bonds. The Hall–Kier alpha value is -3.35. The van der Waals surface area contributed by atoms with E-state index in [0.717, 1.165) is 43.4 Å². The van der Waals surface area contributed by atoms with Crippen molar-refractivity contribution < 1.29 is 14.8 Å². The summed E-state index contributed by atoms with van der Waals surface area (Å²) in [4.78, 5) is 26.4. The quantitative estimate of drug-likeness (QED) is 0.365. The third kappa shape index (κ3) is 3.75. The fraction of sp³-hybridized carbons (Fsp3) is 0.423. The van der Waals surface area contributed by atoms with Crippen molar-refractivity contribution in [3.63, 3.8) is 0 Å². The average molecular weight is 448 g/mol. The first-order valence-electron chi connectivity index (χ1n) is 11.8. The molecule has 172 valence electrons. The average Bonchev–Trinajstić information content (AvgIpc) is 3.33. The van der Waals surface area contributed by atoms with Gasteiger partial charge in [-0.15, -0.1) is 0 Å². The minimum absolute atomic E-state index is 0.00584. The number of non-ortho nitro benzene ring substituents is 1. The van der Waals surface area contributed by atoms with Gasteiger partial charge in [-0.3, -0.25) is 14.9 Å². The number of phenolic OH excluding ortho intramolecular Hbond substituents is 1. The highest BCUT2D eigenvalue weighted by atomic mass is 16.6. The molecule has 3 unspecified atom stereocenters. The minimum Gasteiger partial charge on any atom is -0.508 e. The van der Waals surface area contributed by atoms with Crippen LogP contribution in [0.2, 0.25) is 0 Å². The number of aromatic hydroxyl groups is 1. The monoisotopic (exact) mass is 447 g/mol. The van der Waals surface area contributed by atoms with E-state index in [4.69, 9.17) is 0 Å². The zero-order chi connectivity index (χ0) is 23.1. The summed E-state index contributed by atoms with van der Waals surface area (Å²) in [5.41, 5.74) is 2.90. The molecule has 3 atom stereocenters. The van der Waals surface area contributed by atoms with Crippen LogP contribution < -0.4 is 5.32 Å². The normalized spacial score (nSPS) is 24.0. The molecule has 0 saturated heterocycles. The summed E-state index contributed by atoms with van der Waals surface area (Å²) in [6, 6.07) is 9.91. The second-order valence-corrected chi connectivity index (χ2v) is 9.45. The number of nitrogens with zero attached hydrogens (tertiary/aromatic N) is 2. The van der Waals surface area contributed by atoms with Gasteiger partial charge >= 0.3 is 0 Å². The molecular weight excluding hydrogens is 418 g/mol. The van der Waals surface area contributed by atoms with Gasteiger partial charge in [0, 0.05) is 36.7 Å². The second kappa shape index (κ2) is 8.54. The summed E-state index contributed by atoms with van der Waals surface area (Å²) < 4.78 is 0. The summed E-state index contributed by atoms with van der Waals surface area (Å²) in [7, 11) is 1.89. The van der Waals surface area contributed by atoms with E-state index in [9.17, 15) is 20.0 Å². The summed E-state index contributed by atoms with van der Waals surface area (Å²) >= 11 is 0. The Labute approximate surface area is 193 Å². The first-order valence-corrected chi connectivity index (χ1v) is 11.8. The van der Waals surface area contributed by atoms with Crippen LogP contribution >= 0.6 is 0 Å². The number of rotatable bonds is 4. The van der Waals surface area contributed by atoms with Crippen LogP contribution in [0.1, 0.15) is 72.0 Å². The number of allylic oxidation sites excluding steroid dienone is 2. The number of hydrogen-bond donors (Lipinski definition) is 2. The molecule has 0 spiro atoms. The summed E-state index contributed by atoms with van der Waals surface area (Å²) in [5.74, 6) is 0.202. The third-order valence-electron chi connectivity index (χ3n) is 7.63. The highest BCUT2D eigenvalue weighted by molar-refractivity contribution is 6.01. The van der Waals surface area contributed by atoms with Gasteiger partial charge in [0.05, 0.1) is 22.2 Å². The number of phenols is 1. The van der Waals surface area contributed by atoms with Gasteiger partial charge in [0.25, 0.3) is 11.6 Å². The number of nitrogens with one attached hydrogen (secondary N) is 1. The van der Waals surface area contributed by atoms with Gasteiger partial charge in [0.2, 0.25) is 0 Å².